The third-order valence-corrected chi connectivity index (χ3v) is 5.21. The Kier molecular flexibility index (Phi) is 7.46. The van der Waals surface area contributed by atoms with Gasteiger partial charge in [0, 0.05) is 18.5 Å². The van der Waals surface area contributed by atoms with E-state index in [9.17, 15) is 9.59 Å². The molecule has 1 heterocycles. The number of carbonyl (C=O) groups excluding carboxylic acids is 2. The second-order valence-corrected chi connectivity index (χ2v) is 8.89. The molecule has 0 radical (unpaired) electrons. The first-order valence-corrected chi connectivity index (χ1v) is 11.0. The Labute approximate surface area is 186 Å². The van der Waals surface area contributed by atoms with E-state index in [0.717, 1.165) is 15.9 Å². The van der Waals surface area contributed by atoms with Crippen LogP contribution in [0.3, 0.4) is 0 Å². The molecule has 0 bridgehead atoms. The van der Waals surface area contributed by atoms with E-state index in [2.05, 4.69) is 20.3 Å². The Morgan fingerprint density at radius 3 is 2.48 bits per heavy atom. The van der Waals surface area contributed by atoms with Crippen LogP contribution in [0.1, 0.15) is 38.8 Å². The molecule has 0 aliphatic carbocycles. The van der Waals surface area contributed by atoms with Gasteiger partial charge in [0.15, 0.2) is 0 Å². The molecule has 0 spiro atoms. The maximum Gasteiger partial charge on any atom is 0.408 e. The molecule has 0 saturated heterocycles. The fraction of sp³-hybridized carbons (Fsp3) is 0.348. The van der Waals surface area contributed by atoms with Crippen LogP contribution >= 0.6 is 11.5 Å². The van der Waals surface area contributed by atoms with Crippen LogP contribution in [-0.2, 0) is 9.53 Å². The van der Waals surface area contributed by atoms with Gasteiger partial charge in [0.2, 0.25) is 5.91 Å². The first-order chi connectivity index (χ1) is 14.8. The third kappa shape index (κ3) is 6.68. The maximum absolute atomic E-state index is 12.8. The Morgan fingerprint density at radius 2 is 1.74 bits per heavy atom. The summed E-state index contributed by atoms with van der Waals surface area (Å²) in [6, 6.07) is 16.4. The summed E-state index contributed by atoms with van der Waals surface area (Å²) in [5.74, 6) is 0.580. The average Bonchev–Trinajstić information content (AvgIpc) is 3.14. The molecule has 0 fully saturated rings. The zero-order chi connectivity index (χ0) is 22.3. The van der Waals surface area contributed by atoms with E-state index in [4.69, 9.17) is 4.74 Å². The molecular weight excluding hydrogens is 412 g/mol. The number of aromatic nitrogens is 1. The Hall–Kier alpha value is -3.13. The normalized spacial score (nSPS) is 12.2. The van der Waals surface area contributed by atoms with E-state index in [-0.39, 0.29) is 5.91 Å². The standard InChI is InChI=1S/C23H28N4O3S/c1-23(2,3)30-22(29)26-19(16-10-5-4-6-11-16)21(28)25-15-9-14-24-20-17-12-7-8-13-18(17)31-27-20/h4-8,10-13,19H,9,14-15H2,1-3H3,(H,24,27)(H,25,28)(H,26,29). The van der Waals surface area contributed by atoms with Crippen molar-refractivity contribution in [2.45, 2.75) is 38.8 Å². The molecule has 0 aliphatic rings. The van der Waals surface area contributed by atoms with Crippen molar-refractivity contribution in [3.05, 3.63) is 60.2 Å². The highest BCUT2D eigenvalue weighted by atomic mass is 32.1. The number of rotatable bonds is 8. The summed E-state index contributed by atoms with van der Waals surface area (Å²) in [5, 5.41) is 9.99. The first kappa shape index (κ1) is 22.6. The molecular formula is C23H28N4O3S. The van der Waals surface area contributed by atoms with E-state index in [1.54, 1.807) is 32.9 Å². The second-order valence-electron chi connectivity index (χ2n) is 8.09. The van der Waals surface area contributed by atoms with Crippen LogP contribution in [0.25, 0.3) is 10.1 Å². The lowest BCUT2D eigenvalue weighted by atomic mass is 10.1. The van der Waals surface area contributed by atoms with Crippen LogP contribution in [0.15, 0.2) is 54.6 Å². The molecule has 8 heteroatoms. The lowest BCUT2D eigenvalue weighted by Gasteiger charge is -2.23. The molecule has 2 amide bonds. The molecule has 1 aromatic heterocycles. The number of hydrogen-bond donors (Lipinski definition) is 3. The van der Waals surface area contributed by atoms with Gasteiger partial charge in [-0.05, 0) is 56.4 Å². The highest BCUT2D eigenvalue weighted by Crippen LogP contribution is 2.25. The van der Waals surface area contributed by atoms with E-state index < -0.39 is 17.7 Å². The topological polar surface area (TPSA) is 92.3 Å². The molecule has 0 saturated carbocycles. The largest absolute Gasteiger partial charge is 0.444 e. The summed E-state index contributed by atoms with van der Waals surface area (Å²) >= 11 is 1.46. The number of fused-ring (bicyclic) bond motifs is 1. The summed E-state index contributed by atoms with van der Waals surface area (Å²) in [6.45, 7) is 6.48. The number of benzene rings is 2. The predicted octanol–water partition coefficient (Wildman–Crippen LogP) is 4.48. The van der Waals surface area contributed by atoms with Gasteiger partial charge < -0.3 is 20.7 Å². The van der Waals surface area contributed by atoms with Crippen molar-refractivity contribution >= 4 is 39.4 Å². The fourth-order valence-corrected chi connectivity index (χ4v) is 3.75. The van der Waals surface area contributed by atoms with E-state index >= 15 is 0 Å². The Balaban J connectivity index is 1.52. The van der Waals surface area contributed by atoms with Crippen molar-refractivity contribution < 1.29 is 14.3 Å². The number of hydrogen-bond acceptors (Lipinski definition) is 6. The van der Waals surface area contributed by atoms with Crippen molar-refractivity contribution in [3.63, 3.8) is 0 Å². The molecule has 3 N–H and O–H groups in total. The number of nitrogens with one attached hydrogen (secondary N) is 3. The summed E-state index contributed by atoms with van der Waals surface area (Å²) in [7, 11) is 0. The SMILES string of the molecule is CC(C)(C)OC(=O)NC(C(=O)NCCCNc1nsc2ccccc12)c1ccccc1. The number of amides is 2. The number of anilines is 1. The highest BCUT2D eigenvalue weighted by molar-refractivity contribution is 7.13. The molecule has 7 nitrogen and oxygen atoms in total. The van der Waals surface area contributed by atoms with Gasteiger partial charge in [0.1, 0.15) is 17.5 Å². The van der Waals surface area contributed by atoms with Crippen molar-refractivity contribution in [1.29, 1.82) is 0 Å². The number of carbonyl (C=O) groups is 2. The summed E-state index contributed by atoms with van der Waals surface area (Å²) in [4.78, 5) is 25.0. The summed E-state index contributed by atoms with van der Waals surface area (Å²) in [6.07, 6.45) is 0.0829. The van der Waals surface area contributed by atoms with Crippen LogP contribution in [0.5, 0.6) is 0 Å². The zero-order valence-corrected chi connectivity index (χ0v) is 18.8. The predicted molar refractivity (Wildman–Crippen MR) is 124 cm³/mol. The van der Waals surface area contributed by atoms with Crippen molar-refractivity contribution in [3.8, 4) is 0 Å². The third-order valence-electron chi connectivity index (χ3n) is 4.38. The van der Waals surface area contributed by atoms with Crippen LogP contribution < -0.4 is 16.0 Å². The minimum absolute atomic E-state index is 0.281. The van der Waals surface area contributed by atoms with Gasteiger partial charge in [-0.25, -0.2) is 4.79 Å². The van der Waals surface area contributed by atoms with E-state index in [1.807, 2.05) is 42.5 Å². The van der Waals surface area contributed by atoms with Gasteiger partial charge in [0.25, 0.3) is 0 Å². The van der Waals surface area contributed by atoms with Crippen LogP contribution in [-0.4, -0.2) is 35.1 Å². The second kappa shape index (κ2) is 10.3. The maximum atomic E-state index is 12.8. The molecule has 164 valence electrons. The van der Waals surface area contributed by atoms with Crippen LogP contribution in [0.2, 0.25) is 0 Å². The van der Waals surface area contributed by atoms with Gasteiger partial charge >= 0.3 is 6.09 Å². The zero-order valence-electron chi connectivity index (χ0n) is 18.0. The minimum atomic E-state index is -0.827. The molecule has 0 aliphatic heterocycles. The van der Waals surface area contributed by atoms with Crippen molar-refractivity contribution in [2.75, 3.05) is 18.4 Å². The highest BCUT2D eigenvalue weighted by Gasteiger charge is 2.25. The lowest BCUT2D eigenvalue weighted by molar-refractivity contribution is -0.123. The van der Waals surface area contributed by atoms with E-state index in [1.165, 1.54) is 11.5 Å². The van der Waals surface area contributed by atoms with Gasteiger partial charge in [0.05, 0.1) is 4.70 Å². The summed E-state index contributed by atoms with van der Waals surface area (Å²) in [5.41, 5.74) is 0.0470. The number of nitrogens with zero attached hydrogens (tertiary/aromatic N) is 1. The summed E-state index contributed by atoms with van der Waals surface area (Å²) < 4.78 is 10.9. The molecule has 1 atom stereocenters. The molecule has 1 unspecified atom stereocenters. The van der Waals surface area contributed by atoms with Gasteiger partial charge in [-0.15, -0.1) is 0 Å². The minimum Gasteiger partial charge on any atom is -0.444 e. The van der Waals surface area contributed by atoms with Gasteiger partial charge in [-0.2, -0.15) is 4.37 Å². The molecule has 3 aromatic rings. The van der Waals surface area contributed by atoms with Gasteiger partial charge in [-0.3, -0.25) is 4.79 Å². The quantitative estimate of drug-likeness (QED) is 0.449. The Morgan fingerprint density at radius 1 is 1.03 bits per heavy atom. The van der Waals surface area contributed by atoms with Crippen LogP contribution in [0, 0.1) is 0 Å². The first-order valence-electron chi connectivity index (χ1n) is 10.2. The van der Waals surface area contributed by atoms with Crippen molar-refractivity contribution in [1.82, 2.24) is 15.0 Å². The smallest absolute Gasteiger partial charge is 0.408 e. The fourth-order valence-electron chi connectivity index (χ4n) is 2.99. The number of alkyl carbamates (subject to hydrolysis) is 1. The van der Waals surface area contributed by atoms with E-state index in [0.29, 0.717) is 25.1 Å². The average molecular weight is 441 g/mol. The number of ether oxygens (including phenoxy) is 1. The molecule has 3 rings (SSSR count). The van der Waals surface area contributed by atoms with Gasteiger partial charge in [-0.1, -0.05) is 42.5 Å². The molecule has 2 aromatic carbocycles. The lowest BCUT2D eigenvalue weighted by Crippen LogP contribution is -2.42. The van der Waals surface area contributed by atoms with Crippen LogP contribution in [0.4, 0.5) is 10.6 Å². The molecule has 31 heavy (non-hydrogen) atoms. The Bertz CT molecular complexity index is 1010. The monoisotopic (exact) mass is 440 g/mol. The van der Waals surface area contributed by atoms with Crippen molar-refractivity contribution in [2.24, 2.45) is 0 Å².